The summed E-state index contributed by atoms with van der Waals surface area (Å²) in [4.78, 5) is 28.5. The predicted octanol–water partition coefficient (Wildman–Crippen LogP) is 7.65. The molecule has 0 unspecified atom stereocenters. The zero-order valence-corrected chi connectivity index (χ0v) is 24.7. The van der Waals surface area contributed by atoms with E-state index in [0.29, 0.717) is 6.54 Å². The van der Waals surface area contributed by atoms with Gasteiger partial charge in [-0.2, -0.15) is 0 Å². The van der Waals surface area contributed by atoms with Crippen molar-refractivity contribution in [3.63, 3.8) is 0 Å². The van der Waals surface area contributed by atoms with Crippen LogP contribution in [-0.4, -0.2) is 53.8 Å². The molecule has 1 aliphatic rings. The van der Waals surface area contributed by atoms with Crippen molar-refractivity contribution < 1.29 is 14.3 Å². The van der Waals surface area contributed by atoms with Gasteiger partial charge in [0.2, 0.25) is 0 Å². The molecule has 184 valence electrons. The molecule has 0 aliphatic carbocycles. The Bertz CT molecular complexity index is 788. The molecule has 0 atom stereocenters. The van der Waals surface area contributed by atoms with Gasteiger partial charge in [0.25, 0.3) is 0 Å². The molecule has 1 amide bonds. The van der Waals surface area contributed by atoms with E-state index in [1.807, 2.05) is 39.0 Å². The number of Topliss-reactive ketones (excluding diaryl/α,β-unsaturated/α-hetero) is 1. The number of carbonyl (C=O) groups excluding carboxylic acids is 2. The molecule has 1 aromatic rings. The number of amides is 1. The summed E-state index contributed by atoms with van der Waals surface area (Å²) in [6.07, 6.45) is 6.74. The van der Waals surface area contributed by atoms with Gasteiger partial charge in [-0.25, -0.2) is 0 Å². The van der Waals surface area contributed by atoms with Gasteiger partial charge < -0.3 is 0 Å². The van der Waals surface area contributed by atoms with E-state index in [1.165, 1.54) is 55.4 Å². The fraction of sp³-hybridized carbons (Fsp3) is 0.643. The molecule has 0 saturated carbocycles. The van der Waals surface area contributed by atoms with E-state index in [-0.39, 0.29) is 18.4 Å². The van der Waals surface area contributed by atoms with Crippen LogP contribution in [0.25, 0.3) is 5.57 Å². The molecule has 33 heavy (non-hydrogen) atoms. The van der Waals surface area contributed by atoms with E-state index in [2.05, 4.69) is 32.9 Å². The molecular weight excluding hydrogens is 517 g/mol. The summed E-state index contributed by atoms with van der Waals surface area (Å²) in [5.41, 5.74) is 1.63. The van der Waals surface area contributed by atoms with Crippen LogP contribution in [0.5, 0.6) is 0 Å². The summed E-state index contributed by atoms with van der Waals surface area (Å²) in [5, 5.41) is 0. The third kappa shape index (κ3) is 7.86. The molecule has 0 fully saturated rings. The van der Waals surface area contributed by atoms with Crippen LogP contribution in [0.4, 0.5) is 4.79 Å². The third-order valence-electron chi connectivity index (χ3n) is 6.59. The van der Waals surface area contributed by atoms with Gasteiger partial charge >= 0.3 is 207 Å². The first kappa shape index (κ1) is 27.9. The Balaban J connectivity index is 2.63. The summed E-state index contributed by atoms with van der Waals surface area (Å²) in [5.74, 6) is 0.185. The molecule has 0 saturated heterocycles. The predicted molar refractivity (Wildman–Crippen MR) is 141 cm³/mol. The molecule has 0 spiro atoms. The molecule has 1 aliphatic heterocycles. The second-order valence-corrected chi connectivity index (χ2v) is 23.6. The van der Waals surface area contributed by atoms with E-state index in [9.17, 15) is 9.59 Å². The first-order valence-corrected chi connectivity index (χ1v) is 20.5. The quantitative estimate of drug-likeness (QED) is 0.261. The van der Waals surface area contributed by atoms with Crippen molar-refractivity contribution in [3.05, 3.63) is 39.5 Å². The molecule has 4 nitrogen and oxygen atoms in total. The van der Waals surface area contributed by atoms with E-state index < -0.39 is 24.0 Å². The van der Waals surface area contributed by atoms with E-state index >= 15 is 0 Å². The average molecular weight is 562 g/mol. The van der Waals surface area contributed by atoms with Gasteiger partial charge in [-0.1, -0.05) is 0 Å². The fourth-order valence-electron chi connectivity index (χ4n) is 4.99. The molecule has 2 rings (SSSR count). The number of rotatable bonds is 11. The van der Waals surface area contributed by atoms with Crippen LogP contribution in [-0.2, 0) is 9.53 Å². The van der Waals surface area contributed by atoms with Gasteiger partial charge in [0.15, 0.2) is 0 Å². The summed E-state index contributed by atoms with van der Waals surface area (Å²) < 4.78 is 10.6. The topological polar surface area (TPSA) is 46.6 Å². The first-order valence-electron chi connectivity index (χ1n) is 13.0. The third-order valence-corrected chi connectivity index (χ3v) is 22.5. The van der Waals surface area contributed by atoms with Crippen LogP contribution in [0.15, 0.2) is 33.9 Å². The fourth-order valence-corrected chi connectivity index (χ4v) is 22.5. The van der Waals surface area contributed by atoms with Crippen molar-refractivity contribution in [2.45, 2.75) is 99.0 Å². The average Bonchev–Trinajstić information content (AvgIpc) is 2.78. The summed E-state index contributed by atoms with van der Waals surface area (Å²) >= 11 is -3.00. The van der Waals surface area contributed by atoms with Gasteiger partial charge in [-0.05, 0) is 0 Å². The van der Waals surface area contributed by atoms with E-state index in [4.69, 9.17) is 4.74 Å². The molecule has 0 N–H and O–H groups in total. The molecule has 0 aromatic heterocycles. The van der Waals surface area contributed by atoms with Gasteiger partial charge in [0, 0.05) is 0 Å². The van der Waals surface area contributed by atoms with Crippen LogP contribution < -0.4 is 0 Å². The number of hydrogen-bond acceptors (Lipinski definition) is 3. The Morgan fingerprint density at radius 2 is 1.42 bits per heavy atom. The first-order chi connectivity index (χ1) is 15.7. The number of ketones is 1. The number of unbranched alkanes of at least 4 members (excludes halogenated alkanes) is 3. The Kier molecular flexibility index (Phi) is 11.0. The second-order valence-electron chi connectivity index (χ2n) is 10.6. The number of carbonyl (C=O) groups is 2. The molecule has 5 heteroatoms. The molecular formula is C28H45NO3Sn. The van der Waals surface area contributed by atoms with E-state index in [1.54, 1.807) is 4.90 Å². The van der Waals surface area contributed by atoms with Gasteiger partial charge in [0.1, 0.15) is 0 Å². The minimum absolute atomic E-state index is 0.156. The van der Waals surface area contributed by atoms with Crippen LogP contribution >= 0.6 is 0 Å². The van der Waals surface area contributed by atoms with Crippen molar-refractivity contribution in [1.29, 1.82) is 0 Å². The maximum absolute atomic E-state index is 13.9. The zero-order valence-electron chi connectivity index (χ0n) is 21.8. The number of ether oxygens (including phenoxy) is 1. The van der Waals surface area contributed by atoms with Crippen LogP contribution in [0.1, 0.15) is 85.6 Å². The van der Waals surface area contributed by atoms with Crippen molar-refractivity contribution in [1.82, 2.24) is 4.90 Å². The normalized spacial score (nSPS) is 15.2. The summed E-state index contributed by atoms with van der Waals surface area (Å²) in [6.45, 7) is 13.0. The maximum atomic E-state index is 13.9. The van der Waals surface area contributed by atoms with Crippen LogP contribution in [0, 0.1) is 0 Å². The van der Waals surface area contributed by atoms with Gasteiger partial charge in [-0.3, -0.25) is 0 Å². The van der Waals surface area contributed by atoms with Gasteiger partial charge in [-0.15, -0.1) is 0 Å². The Morgan fingerprint density at radius 3 is 1.88 bits per heavy atom. The Hall–Kier alpha value is -1.30. The molecule has 0 radical (unpaired) electrons. The number of nitrogens with zero attached hydrogens (tertiary/aromatic N) is 1. The standard InChI is InChI=1S/C16H18NO3.3C4H9.Sn/c1-16(2,3)20-15(19)17-10-13(9-14(18)11-17)12-7-5-4-6-8-12;3*1-3-4-2;/h4-8H,10-11H2,1-3H3;3*1,3-4H2,2H3;. The Morgan fingerprint density at radius 1 is 0.909 bits per heavy atom. The van der Waals surface area contributed by atoms with Crippen molar-refractivity contribution in [2.75, 3.05) is 13.1 Å². The second kappa shape index (κ2) is 13.0. The summed E-state index contributed by atoms with van der Waals surface area (Å²) in [7, 11) is 0. The zero-order chi connectivity index (χ0) is 24.5. The number of benzene rings is 1. The number of hydrogen-bond donors (Lipinski definition) is 0. The molecule has 1 heterocycles. The van der Waals surface area contributed by atoms with Crippen LogP contribution in [0.2, 0.25) is 13.3 Å². The molecule has 1 aromatic carbocycles. The van der Waals surface area contributed by atoms with Crippen LogP contribution in [0.3, 0.4) is 0 Å². The Labute approximate surface area is 206 Å². The monoisotopic (exact) mass is 563 g/mol. The van der Waals surface area contributed by atoms with Crippen molar-refractivity contribution >= 4 is 35.8 Å². The minimum atomic E-state index is -3.00. The van der Waals surface area contributed by atoms with Crippen molar-refractivity contribution in [2.24, 2.45) is 0 Å². The summed E-state index contributed by atoms with van der Waals surface area (Å²) in [6, 6.07) is 10.3. The van der Waals surface area contributed by atoms with Gasteiger partial charge in [0.05, 0.1) is 0 Å². The molecule has 0 bridgehead atoms. The van der Waals surface area contributed by atoms with Crippen molar-refractivity contribution in [3.8, 4) is 0 Å². The van der Waals surface area contributed by atoms with E-state index in [0.717, 1.165) is 11.1 Å². The SMILES string of the molecule is CCC[CH2][Sn]([CH2]CCC)([CH2]CCC)[C]1=C(c2ccccc2)CN(C(=O)OC(C)(C)C)CC1=O.